The first-order chi connectivity index (χ1) is 6.80. The van der Waals surface area contributed by atoms with Crippen LogP contribution in [0, 0.1) is 5.82 Å². The van der Waals surface area contributed by atoms with Gasteiger partial charge in [-0.2, -0.15) is 0 Å². The first-order valence-corrected chi connectivity index (χ1v) is 5.24. The summed E-state index contributed by atoms with van der Waals surface area (Å²) in [6, 6.07) is 5.55. The Kier molecular flexibility index (Phi) is 3.50. The van der Waals surface area contributed by atoms with E-state index in [2.05, 4.69) is 20.8 Å². The van der Waals surface area contributed by atoms with Crippen LogP contribution < -0.4 is 0 Å². The molecule has 0 aromatic heterocycles. The second kappa shape index (κ2) is 4.31. The lowest BCUT2D eigenvalue weighted by atomic mass is 9.86. The molecule has 1 rings (SSSR count). The van der Waals surface area contributed by atoms with E-state index in [1.807, 2.05) is 31.1 Å². The molecular weight excluding hydrogens is 189 g/mol. The quantitative estimate of drug-likeness (QED) is 0.723. The van der Waals surface area contributed by atoms with Crippen molar-refractivity contribution in [3.63, 3.8) is 0 Å². The minimum atomic E-state index is -0.101. The molecule has 0 aliphatic carbocycles. The lowest BCUT2D eigenvalue weighted by Crippen LogP contribution is -2.14. The van der Waals surface area contributed by atoms with Crippen LogP contribution in [-0.2, 0) is 12.0 Å². The van der Waals surface area contributed by atoms with E-state index in [1.54, 1.807) is 6.07 Å². The molecule has 0 spiro atoms. The Balaban J connectivity index is 2.98. The molecule has 0 atom stereocenters. The fourth-order valence-corrected chi connectivity index (χ4v) is 1.48. The molecule has 1 aromatic rings. The van der Waals surface area contributed by atoms with Crippen LogP contribution in [-0.4, -0.2) is 19.0 Å². The predicted octanol–water partition coefficient (Wildman–Crippen LogP) is 3.18. The van der Waals surface area contributed by atoms with Gasteiger partial charge in [0, 0.05) is 12.1 Å². The highest BCUT2D eigenvalue weighted by Gasteiger charge is 2.15. The van der Waals surface area contributed by atoms with Crippen molar-refractivity contribution >= 4 is 0 Å². The van der Waals surface area contributed by atoms with Gasteiger partial charge < -0.3 is 4.90 Å². The first kappa shape index (κ1) is 12.2. The van der Waals surface area contributed by atoms with Crippen molar-refractivity contribution in [1.29, 1.82) is 0 Å². The van der Waals surface area contributed by atoms with Gasteiger partial charge in [0.05, 0.1) is 0 Å². The van der Waals surface area contributed by atoms with Gasteiger partial charge in [-0.25, -0.2) is 4.39 Å². The van der Waals surface area contributed by atoms with Gasteiger partial charge in [0.2, 0.25) is 0 Å². The normalized spacial score (nSPS) is 12.2. The van der Waals surface area contributed by atoms with E-state index in [4.69, 9.17) is 0 Å². The van der Waals surface area contributed by atoms with Crippen molar-refractivity contribution in [2.24, 2.45) is 0 Å². The molecule has 0 saturated carbocycles. The Morgan fingerprint density at radius 3 is 2.20 bits per heavy atom. The van der Waals surface area contributed by atoms with E-state index >= 15 is 0 Å². The number of benzene rings is 1. The van der Waals surface area contributed by atoms with Crippen LogP contribution in [0.5, 0.6) is 0 Å². The summed E-state index contributed by atoms with van der Waals surface area (Å²) >= 11 is 0. The van der Waals surface area contributed by atoms with Crippen LogP contribution in [0.15, 0.2) is 18.2 Å². The third-order valence-electron chi connectivity index (χ3n) is 2.41. The monoisotopic (exact) mass is 209 g/mol. The van der Waals surface area contributed by atoms with Crippen molar-refractivity contribution in [3.8, 4) is 0 Å². The molecule has 0 saturated heterocycles. The topological polar surface area (TPSA) is 3.24 Å². The zero-order valence-electron chi connectivity index (χ0n) is 10.3. The maximum Gasteiger partial charge on any atom is 0.127 e. The maximum absolute atomic E-state index is 13.7. The van der Waals surface area contributed by atoms with Crippen molar-refractivity contribution < 1.29 is 4.39 Å². The van der Waals surface area contributed by atoms with Gasteiger partial charge in [0.15, 0.2) is 0 Å². The fraction of sp³-hybridized carbons (Fsp3) is 0.538. The molecule has 0 heterocycles. The van der Waals surface area contributed by atoms with Gasteiger partial charge >= 0.3 is 0 Å². The van der Waals surface area contributed by atoms with Gasteiger partial charge in [-0.1, -0.05) is 32.9 Å². The maximum atomic E-state index is 13.7. The average Bonchev–Trinajstić information content (AvgIpc) is 2.05. The molecule has 0 amide bonds. The number of rotatable bonds is 2. The minimum absolute atomic E-state index is 0.0114. The fourth-order valence-electron chi connectivity index (χ4n) is 1.48. The van der Waals surface area contributed by atoms with E-state index in [0.29, 0.717) is 6.54 Å². The minimum Gasteiger partial charge on any atom is -0.305 e. The Morgan fingerprint density at radius 1 is 1.20 bits per heavy atom. The highest BCUT2D eigenvalue weighted by Crippen LogP contribution is 2.24. The first-order valence-electron chi connectivity index (χ1n) is 5.24. The van der Waals surface area contributed by atoms with Crippen LogP contribution in [0.1, 0.15) is 31.9 Å². The summed E-state index contributed by atoms with van der Waals surface area (Å²) in [5, 5.41) is 0. The number of hydrogen-bond donors (Lipinski definition) is 0. The summed E-state index contributed by atoms with van der Waals surface area (Å²) in [6.45, 7) is 6.92. The standard InChI is InChI=1S/C13H20FN/c1-13(2,3)11-7-6-10(9-15(4)5)12(14)8-11/h6-8H,9H2,1-5H3. The second-order valence-electron chi connectivity index (χ2n) is 5.29. The summed E-state index contributed by atoms with van der Waals surface area (Å²) < 4.78 is 13.7. The average molecular weight is 209 g/mol. The molecule has 0 aliphatic heterocycles. The summed E-state index contributed by atoms with van der Waals surface area (Å²) in [5.74, 6) is -0.101. The van der Waals surface area contributed by atoms with Crippen molar-refractivity contribution in [1.82, 2.24) is 4.90 Å². The summed E-state index contributed by atoms with van der Waals surface area (Å²) in [4.78, 5) is 1.97. The molecular formula is C13H20FN. The molecule has 1 aromatic carbocycles. The third-order valence-corrected chi connectivity index (χ3v) is 2.41. The van der Waals surface area contributed by atoms with Crippen LogP contribution in [0.25, 0.3) is 0 Å². The van der Waals surface area contributed by atoms with Crippen LogP contribution in [0.3, 0.4) is 0 Å². The summed E-state index contributed by atoms with van der Waals surface area (Å²) in [5.41, 5.74) is 1.81. The number of halogens is 1. The van der Waals surface area contributed by atoms with E-state index in [9.17, 15) is 4.39 Å². The highest BCUT2D eigenvalue weighted by molar-refractivity contribution is 5.28. The lowest BCUT2D eigenvalue weighted by molar-refractivity contribution is 0.392. The lowest BCUT2D eigenvalue weighted by Gasteiger charge is -2.20. The van der Waals surface area contributed by atoms with Gasteiger partial charge in [-0.3, -0.25) is 0 Å². The van der Waals surface area contributed by atoms with E-state index < -0.39 is 0 Å². The molecule has 0 unspecified atom stereocenters. The number of hydrogen-bond acceptors (Lipinski definition) is 1. The van der Waals surface area contributed by atoms with Gasteiger partial charge in [-0.05, 0) is 31.1 Å². The Morgan fingerprint density at radius 2 is 1.80 bits per heavy atom. The van der Waals surface area contributed by atoms with Gasteiger partial charge in [0.1, 0.15) is 5.82 Å². The molecule has 0 aliphatic rings. The second-order valence-corrected chi connectivity index (χ2v) is 5.29. The largest absolute Gasteiger partial charge is 0.305 e. The molecule has 2 heteroatoms. The zero-order valence-corrected chi connectivity index (χ0v) is 10.3. The van der Waals surface area contributed by atoms with E-state index in [0.717, 1.165) is 11.1 Å². The van der Waals surface area contributed by atoms with Crippen molar-refractivity contribution in [2.45, 2.75) is 32.7 Å². The van der Waals surface area contributed by atoms with Crippen LogP contribution in [0.2, 0.25) is 0 Å². The highest BCUT2D eigenvalue weighted by atomic mass is 19.1. The molecule has 1 nitrogen and oxygen atoms in total. The molecule has 0 N–H and O–H groups in total. The van der Waals surface area contributed by atoms with Crippen molar-refractivity contribution in [3.05, 3.63) is 35.1 Å². The van der Waals surface area contributed by atoms with Gasteiger partial charge in [-0.15, -0.1) is 0 Å². The predicted molar refractivity (Wildman–Crippen MR) is 62.5 cm³/mol. The van der Waals surface area contributed by atoms with Gasteiger partial charge in [0.25, 0.3) is 0 Å². The SMILES string of the molecule is CN(C)Cc1ccc(C(C)(C)C)cc1F. The Bertz CT molecular complexity index is 337. The van der Waals surface area contributed by atoms with Crippen molar-refractivity contribution in [2.75, 3.05) is 14.1 Å². The van der Waals surface area contributed by atoms with E-state index in [-0.39, 0.29) is 11.2 Å². The molecule has 0 bridgehead atoms. The van der Waals surface area contributed by atoms with Crippen LogP contribution in [0.4, 0.5) is 4.39 Å². The molecule has 0 fully saturated rings. The Hall–Kier alpha value is -0.890. The zero-order chi connectivity index (χ0) is 11.6. The molecule has 0 radical (unpaired) electrons. The molecule has 15 heavy (non-hydrogen) atoms. The number of nitrogens with zero attached hydrogens (tertiary/aromatic N) is 1. The smallest absolute Gasteiger partial charge is 0.127 e. The van der Waals surface area contributed by atoms with Crippen LogP contribution >= 0.6 is 0 Å². The summed E-state index contributed by atoms with van der Waals surface area (Å²) in [6.07, 6.45) is 0. The Labute approximate surface area is 91.9 Å². The summed E-state index contributed by atoms with van der Waals surface area (Å²) in [7, 11) is 3.88. The third kappa shape index (κ3) is 3.31. The van der Waals surface area contributed by atoms with E-state index in [1.165, 1.54) is 0 Å². The molecule has 84 valence electrons.